The van der Waals surface area contributed by atoms with Gasteiger partial charge in [0.2, 0.25) is 11.4 Å². The van der Waals surface area contributed by atoms with Crippen LogP contribution in [0.1, 0.15) is 82.3 Å². The third-order valence-electron chi connectivity index (χ3n) is 8.34. The van der Waals surface area contributed by atoms with E-state index >= 15 is 0 Å². The van der Waals surface area contributed by atoms with Crippen molar-refractivity contribution in [1.82, 2.24) is 4.90 Å². The smallest absolute Gasteiger partial charge is 0.222 e. The summed E-state index contributed by atoms with van der Waals surface area (Å²) in [5.74, 6) is -0.0114. The maximum Gasteiger partial charge on any atom is 0.222 e. The van der Waals surface area contributed by atoms with Crippen molar-refractivity contribution in [2.75, 3.05) is 36.8 Å². The summed E-state index contributed by atoms with van der Waals surface area (Å²) in [5.41, 5.74) is 4.49. The van der Waals surface area contributed by atoms with E-state index in [0.29, 0.717) is 31.7 Å². The molecule has 8 heteroatoms. The molecule has 0 unspecified atom stereocenters. The van der Waals surface area contributed by atoms with E-state index in [0.717, 1.165) is 61.1 Å². The Morgan fingerprint density at radius 1 is 0.837 bits per heavy atom. The Hall–Kier alpha value is -3.23. The van der Waals surface area contributed by atoms with Crippen molar-refractivity contribution in [2.24, 2.45) is 0 Å². The SMILES string of the molecule is CCCCCCCCCC(=O)N1CCN(c2ccc(/C=C/c3cc[n+](CCCCS(=O)(=O)[O-])c4ccccc34)cc2)CC1. The summed E-state index contributed by atoms with van der Waals surface area (Å²) in [7, 11) is -4.17. The molecule has 1 fully saturated rings. The summed E-state index contributed by atoms with van der Waals surface area (Å²) in [4.78, 5) is 17.1. The number of rotatable bonds is 16. The molecule has 3 aromatic rings. The van der Waals surface area contributed by atoms with Crippen LogP contribution in [0.15, 0.2) is 60.8 Å². The number of pyridine rings is 1. The lowest BCUT2D eigenvalue weighted by Crippen LogP contribution is -2.48. The predicted octanol–water partition coefficient (Wildman–Crippen LogP) is 6.41. The Balaban J connectivity index is 1.27. The van der Waals surface area contributed by atoms with Crippen molar-refractivity contribution in [2.45, 2.75) is 77.7 Å². The van der Waals surface area contributed by atoms with Gasteiger partial charge in [-0.25, -0.2) is 8.42 Å². The number of amides is 1. The maximum atomic E-state index is 12.7. The van der Waals surface area contributed by atoms with Crippen molar-refractivity contribution in [3.05, 3.63) is 71.9 Å². The summed E-state index contributed by atoms with van der Waals surface area (Å²) in [6.45, 7) is 6.19. The molecular formula is C35H47N3O4S. The van der Waals surface area contributed by atoms with Gasteiger partial charge in [-0.3, -0.25) is 4.79 Å². The van der Waals surface area contributed by atoms with E-state index in [1.807, 2.05) is 23.2 Å². The van der Waals surface area contributed by atoms with Crippen LogP contribution in [-0.4, -0.2) is 55.7 Å². The molecule has 1 aliphatic heterocycles. The van der Waals surface area contributed by atoms with Crippen LogP contribution in [0.2, 0.25) is 0 Å². The van der Waals surface area contributed by atoms with Crippen LogP contribution in [0.5, 0.6) is 0 Å². The molecule has 1 amide bonds. The standard InChI is InChI=1S/C35H47N3O4S/c1-2-3-4-5-6-7-8-15-35(39)38-27-25-36(26-28-38)32-20-17-30(18-21-32)16-19-31-22-24-37(23-11-12-29-43(40,41)42)34-14-10-9-13-33(31)34/h9-10,13-14,16-22,24H,2-8,11-12,15,23,25-29H2,1H3. The van der Waals surface area contributed by atoms with Gasteiger partial charge in [-0.2, -0.15) is 4.57 Å². The minimum atomic E-state index is -4.17. The Morgan fingerprint density at radius 3 is 2.26 bits per heavy atom. The third kappa shape index (κ3) is 10.5. The van der Waals surface area contributed by atoms with Crippen molar-refractivity contribution in [3.8, 4) is 0 Å². The Kier molecular flexibility index (Phi) is 12.6. The number of aromatic nitrogens is 1. The highest BCUT2D eigenvalue weighted by Gasteiger charge is 2.21. The second kappa shape index (κ2) is 16.6. The normalized spacial score (nSPS) is 14.2. The van der Waals surface area contributed by atoms with E-state index in [2.05, 4.69) is 71.0 Å². The largest absolute Gasteiger partial charge is 0.748 e. The summed E-state index contributed by atoms with van der Waals surface area (Å²) in [6.07, 6.45) is 16.6. The lowest BCUT2D eigenvalue weighted by atomic mass is 10.1. The van der Waals surface area contributed by atoms with E-state index in [1.54, 1.807) is 0 Å². The number of carbonyl (C=O) groups is 1. The van der Waals surface area contributed by atoms with Gasteiger partial charge < -0.3 is 14.4 Å². The fourth-order valence-electron chi connectivity index (χ4n) is 5.80. The zero-order valence-corrected chi connectivity index (χ0v) is 26.4. The van der Waals surface area contributed by atoms with Crippen LogP contribution in [0.3, 0.4) is 0 Å². The van der Waals surface area contributed by atoms with Gasteiger partial charge in [-0.15, -0.1) is 0 Å². The topological polar surface area (TPSA) is 84.6 Å². The molecule has 0 N–H and O–H groups in total. The number of nitrogens with zero attached hydrogens (tertiary/aromatic N) is 3. The first-order valence-corrected chi connectivity index (χ1v) is 17.6. The van der Waals surface area contributed by atoms with E-state index in [-0.39, 0.29) is 5.75 Å². The summed E-state index contributed by atoms with van der Waals surface area (Å²) >= 11 is 0. The lowest BCUT2D eigenvalue weighted by Gasteiger charge is -2.36. The predicted molar refractivity (Wildman–Crippen MR) is 175 cm³/mol. The molecule has 43 heavy (non-hydrogen) atoms. The molecule has 1 aliphatic rings. The van der Waals surface area contributed by atoms with Crippen LogP contribution in [0.25, 0.3) is 23.1 Å². The number of para-hydroxylation sites is 1. The molecule has 0 radical (unpaired) electrons. The van der Waals surface area contributed by atoms with Gasteiger partial charge in [-0.1, -0.05) is 81.9 Å². The van der Waals surface area contributed by atoms with Gasteiger partial charge in [0, 0.05) is 62.6 Å². The highest BCUT2D eigenvalue weighted by molar-refractivity contribution is 7.85. The van der Waals surface area contributed by atoms with Crippen LogP contribution < -0.4 is 9.47 Å². The first kappa shape index (κ1) is 32.7. The zero-order valence-electron chi connectivity index (χ0n) is 25.6. The first-order valence-electron chi connectivity index (χ1n) is 16.0. The molecule has 0 atom stereocenters. The van der Waals surface area contributed by atoms with E-state index in [1.165, 1.54) is 37.8 Å². The molecule has 2 aromatic carbocycles. The molecule has 0 spiro atoms. The van der Waals surface area contributed by atoms with Gasteiger partial charge in [-0.05, 0) is 42.2 Å². The van der Waals surface area contributed by atoms with Crippen molar-refractivity contribution >= 4 is 44.8 Å². The molecule has 1 saturated heterocycles. The van der Waals surface area contributed by atoms with Crippen LogP contribution in [0, 0.1) is 0 Å². The number of carbonyl (C=O) groups excluding carboxylic acids is 1. The molecule has 0 saturated carbocycles. The molecule has 7 nitrogen and oxygen atoms in total. The van der Waals surface area contributed by atoms with E-state index < -0.39 is 10.1 Å². The number of benzene rings is 2. The minimum Gasteiger partial charge on any atom is -0.748 e. The molecule has 0 aliphatic carbocycles. The molecular weight excluding hydrogens is 558 g/mol. The molecule has 0 bridgehead atoms. The van der Waals surface area contributed by atoms with Crippen molar-refractivity contribution in [1.29, 1.82) is 0 Å². The van der Waals surface area contributed by atoms with Crippen LogP contribution in [-0.2, 0) is 21.5 Å². The number of piperazine rings is 1. The summed E-state index contributed by atoms with van der Waals surface area (Å²) in [5, 5.41) is 1.12. The second-order valence-electron chi connectivity index (χ2n) is 11.6. The van der Waals surface area contributed by atoms with Gasteiger partial charge >= 0.3 is 0 Å². The monoisotopic (exact) mass is 605 g/mol. The van der Waals surface area contributed by atoms with Crippen LogP contribution >= 0.6 is 0 Å². The maximum absolute atomic E-state index is 12.7. The van der Waals surface area contributed by atoms with Crippen molar-refractivity contribution in [3.63, 3.8) is 0 Å². The van der Waals surface area contributed by atoms with Gasteiger partial charge in [0.15, 0.2) is 6.20 Å². The Morgan fingerprint density at radius 2 is 1.53 bits per heavy atom. The highest BCUT2D eigenvalue weighted by Crippen LogP contribution is 2.21. The van der Waals surface area contributed by atoms with Gasteiger partial charge in [0.05, 0.1) is 15.5 Å². The van der Waals surface area contributed by atoms with Gasteiger partial charge in [0.1, 0.15) is 6.54 Å². The molecule has 232 valence electrons. The minimum absolute atomic E-state index is 0.308. The van der Waals surface area contributed by atoms with E-state index in [4.69, 9.17) is 0 Å². The number of aryl methyl sites for hydroxylation is 1. The number of fused-ring (bicyclic) bond motifs is 1. The zero-order chi connectivity index (χ0) is 30.5. The summed E-state index contributed by atoms with van der Waals surface area (Å²) < 4.78 is 34.8. The molecule has 1 aromatic heterocycles. The second-order valence-corrected chi connectivity index (χ2v) is 13.1. The fourth-order valence-corrected chi connectivity index (χ4v) is 6.36. The fraction of sp³-hybridized carbons (Fsp3) is 0.486. The number of unbranched alkanes of at least 4 members (excludes halogenated alkanes) is 7. The Labute approximate surface area is 258 Å². The lowest BCUT2D eigenvalue weighted by molar-refractivity contribution is -0.671. The highest BCUT2D eigenvalue weighted by atomic mass is 32.2. The number of hydrogen-bond acceptors (Lipinski definition) is 5. The van der Waals surface area contributed by atoms with Gasteiger partial charge in [0.25, 0.3) is 0 Å². The Bertz CT molecular complexity index is 1450. The third-order valence-corrected chi connectivity index (χ3v) is 9.13. The average molecular weight is 606 g/mol. The average Bonchev–Trinajstić information content (AvgIpc) is 3.02. The quantitative estimate of drug-likeness (QED) is 0.107. The molecule has 2 heterocycles. The first-order chi connectivity index (χ1) is 20.8. The number of anilines is 1. The molecule has 4 rings (SSSR count). The van der Waals surface area contributed by atoms with Crippen LogP contribution in [0.4, 0.5) is 5.69 Å². The van der Waals surface area contributed by atoms with E-state index in [9.17, 15) is 17.8 Å². The van der Waals surface area contributed by atoms with Crippen molar-refractivity contribution < 1.29 is 22.3 Å². The number of hydrogen-bond donors (Lipinski definition) is 0. The summed E-state index contributed by atoms with van der Waals surface area (Å²) in [6, 6.07) is 18.9.